The van der Waals surface area contributed by atoms with Crippen LogP contribution in [0.25, 0.3) is 0 Å². The normalized spacial score (nSPS) is 20.3. The lowest BCUT2D eigenvalue weighted by Gasteiger charge is -2.36. The van der Waals surface area contributed by atoms with Gasteiger partial charge in [-0.05, 0) is 61.2 Å². The predicted molar refractivity (Wildman–Crippen MR) is 132 cm³/mol. The summed E-state index contributed by atoms with van der Waals surface area (Å²) in [6.45, 7) is 6.25. The van der Waals surface area contributed by atoms with E-state index in [2.05, 4.69) is 5.32 Å². The molecule has 2 heterocycles. The minimum Gasteiger partial charge on any atom is -0.496 e. The monoisotopic (exact) mass is 481 g/mol. The van der Waals surface area contributed by atoms with Crippen molar-refractivity contribution in [1.82, 2.24) is 5.32 Å². The first kappa shape index (κ1) is 24.2. The van der Waals surface area contributed by atoms with Crippen LogP contribution in [0, 0.1) is 0 Å². The summed E-state index contributed by atoms with van der Waals surface area (Å²) in [4.78, 5) is 26.8. The van der Waals surface area contributed by atoms with Gasteiger partial charge < -0.3 is 19.5 Å². The molecular weight excluding hydrogens is 450 g/mol. The standard InChI is InChI=1S/C27H31NO5S/c1-16(2)32-10-11-33-27(30)24-17(3)28-21-13-19(20-7-5-6-8-23(20)31-4)14-22(29)26(21)25(24)18-9-12-34-15-18/h5-9,12,15-16,19,25,28H,10-11,13-14H2,1-4H3/t19-,25+/m0/s1. The number of carbonyl (C=O) groups is 2. The van der Waals surface area contributed by atoms with Gasteiger partial charge in [0.25, 0.3) is 0 Å². The highest BCUT2D eigenvalue weighted by molar-refractivity contribution is 7.08. The van der Waals surface area contributed by atoms with Gasteiger partial charge in [0.2, 0.25) is 0 Å². The van der Waals surface area contributed by atoms with E-state index in [0.717, 1.165) is 28.3 Å². The molecule has 6 nitrogen and oxygen atoms in total. The molecule has 180 valence electrons. The van der Waals surface area contributed by atoms with Crippen LogP contribution < -0.4 is 10.1 Å². The molecule has 0 saturated carbocycles. The number of esters is 1. The van der Waals surface area contributed by atoms with Gasteiger partial charge in [0, 0.05) is 35.2 Å². The second kappa shape index (κ2) is 10.6. The number of hydrogen-bond donors (Lipinski definition) is 1. The number of benzene rings is 1. The number of rotatable bonds is 8. The number of dihydropyridines is 1. The summed E-state index contributed by atoms with van der Waals surface area (Å²) in [5, 5.41) is 7.36. The molecule has 2 aromatic rings. The Labute approximate surface area is 204 Å². The number of thiophene rings is 1. The summed E-state index contributed by atoms with van der Waals surface area (Å²) < 4.78 is 16.6. The minimum atomic E-state index is -0.438. The molecule has 4 rings (SSSR count). The summed E-state index contributed by atoms with van der Waals surface area (Å²) in [6.07, 6.45) is 1.10. The molecule has 1 N–H and O–H groups in total. The summed E-state index contributed by atoms with van der Waals surface area (Å²) in [5.74, 6) is -0.0177. The van der Waals surface area contributed by atoms with Crippen LogP contribution in [-0.4, -0.2) is 38.2 Å². The molecule has 1 aliphatic heterocycles. The lowest BCUT2D eigenvalue weighted by atomic mass is 9.72. The second-order valence-corrected chi connectivity index (χ2v) is 9.65. The van der Waals surface area contributed by atoms with Crippen molar-refractivity contribution in [3.8, 4) is 5.75 Å². The van der Waals surface area contributed by atoms with E-state index >= 15 is 0 Å². The van der Waals surface area contributed by atoms with E-state index in [9.17, 15) is 9.59 Å². The number of methoxy groups -OCH3 is 1. The van der Waals surface area contributed by atoms with Crippen molar-refractivity contribution < 1.29 is 23.8 Å². The van der Waals surface area contributed by atoms with Crippen molar-refractivity contribution in [2.24, 2.45) is 0 Å². The van der Waals surface area contributed by atoms with E-state index < -0.39 is 11.9 Å². The number of ketones is 1. The lowest BCUT2D eigenvalue weighted by molar-refractivity contribution is -0.141. The Balaban J connectivity index is 1.65. The van der Waals surface area contributed by atoms with E-state index in [1.165, 1.54) is 0 Å². The molecule has 1 aliphatic carbocycles. The average molecular weight is 482 g/mol. The van der Waals surface area contributed by atoms with Gasteiger partial charge in [-0.25, -0.2) is 4.79 Å². The molecule has 2 aliphatic rings. The fraction of sp³-hybridized carbons (Fsp3) is 0.407. The molecule has 34 heavy (non-hydrogen) atoms. The maximum Gasteiger partial charge on any atom is 0.336 e. The summed E-state index contributed by atoms with van der Waals surface area (Å²) in [7, 11) is 1.65. The van der Waals surface area contributed by atoms with Crippen LogP contribution in [0.5, 0.6) is 5.75 Å². The smallest absolute Gasteiger partial charge is 0.336 e. The number of Topliss-reactive ketones (excluding diaryl/α,β-unsaturated/α-hetero) is 1. The molecule has 0 unspecified atom stereocenters. The van der Waals surface area contributed by atoms with Crippen molar-refractivity contribution in [3.63, 3.8) is 0 Å². The quantitative estimate of drug-likeness (QED) is 0.418. The SMILES string of the molecule is COc1ccccc1[C@@H]1CC(=O)C2=C(C1)NC(C)=C(C(=O)OCCOC(C)C)[C@H]2c1ccsc1. The van der Waals surface area contributed by atoms with Crippen LogP contribution in [0.2, 0.25) is 0 Å². The van der Waals surface area contributed by atoms with Crippen LogP contribution in [0.3, 0.4) is 0 Å². The third-order valence-electron chi connectivity index (χ3n) is 6.27. The molecule has 0 radical (unpaired) electrons. The molecule has 1 aromatic carbocycles. The molecule has 2 atom stereocenters. The first-order chi connectivity index (χ1) is 16.4. The summed E-state index contributed by atoms with van der Waals surface area (Å²) in [6, 6.07) is 9.82. The van der Waals surface area contributed by atoms with Gasteiger partial charge in [0.15, 0.2) is 5.78 Å². The number of nitrogens with one attached hydrogen (secondary N) is 1. The number of hydrogen-bond acceptors (Lipinski definition) is 7. The lowest BCUT2D eigenvalue weighted by Crippen LogP contribution is -2.36. The Morgan fingerprint density at radius 3 is 2.68 bits per heavy atom. The predicted octanol–water partition coefficient (Wildman–Crippen LogP) is 5.09. The van der Waals surface area contributed by atoms with Gasteiger partial charge in [-0.1, -0.05) is 18.2 Å². The molecule has 1 aromatic heterocycles. The molecular formula is C27H31NO5S. The fourth-order valence-corrected chi connectivity index (χ4v) is 5.49. The third kappa shape index (κ3) is 4.95. The maximum atomic E-state index is 13.6. The third-order valence-corrected chi connectivity index (χ3v) is 6.97. The van der Waals surface area contributed by atoms with E-state index in [4.69, 9.17) is 14.2 Å². The van der Waals surface area contributed by atoms with Gasteiger partial charge in [0.1, 0.15) is 12.4 Å². The van der Waals surface area contributed by atoms with E-state index in [1.54, 1.807) is 18.4 Å². The second-order valence-electron chi connectivity index (χ2n) is 8.87. The Kier molecular flexibility index (Phi) is 7.54. The van der Waals surface area contributed by atoms with Gasteiger partial charge in [-0.2, -0.15) is 11.3 Å². The molecule has 0 saturated heterocycles. The van der Waals surface area contributed by atoms with E-state index in [1.807, 2.05) is 61.9 Å². The molecule has 0 fully saturated rings. The number of allylic oxidation sites excluding steroid dienone is 3. The Morgan fingerprint density at radius 2 is 1.97 bits per heavy atom. The van der Waals surface area contributed by atoms with Crippen LogP contribution in [0.1, 0.15) is 56.6 Å². The zero-order valence-corrected chi connectivity index (χ0v) is 20.9. The fourth-order valence-electron chi connectivity index (χ4n) is 4.80. The first-order valence-corrected chi connectivity index (χ1v) is 12.5. The first-order valence-electron chi connectivity index (χ1n) is 11.6. The van der Waals surface area contributed by atoms with Crippen molar-refractivity contribution in [2.45, 2.75) is 51.6 Å². The largest absolute Gasteiger partial charge is 0.496 e. The highest BCUT2D eigenvalue weighted by Gasteiger charge is 2.41. The molecule has 7 heteroatoms. The van der Waals surface area contributed by atoms with E-state index in [-0.39, 0.29) is 24.4 Å². The van der Waals surface area contributed by atoms with Gasteiger partial charge in [-0.3, -0.25) is 4.79 Å². The average Bonchev–Trinajstić information content (AvgIpc) is 3.35. The zero-order chi connectivity index (χ0) is 24.2. The van der Waals surface area contributed by atoms with Crippen LogP contribution in [0.15, 0.2) is 63.6 Å². The van der Waals surface area contributed by atoms with Crippen LogP contribution in [0.4, 0.5) is 0 Å². The maximum absolute atomic E-state index is 13.6. The van der Waals surface area contributed by atoms with Crippen LogP contribution in [-0.2, 0) is 19.1 Å². The number of ether oxygens (including phenoxy) is 3. The topological polar surface area (TPSA) is 73.9 Å². The molecule has 0 bridgehead atoms. The number of para-hydroxylation sites is 1. The minimum absolute atomic E-state index is 0.00695. The van der Waals surface area contributed by atoms with E-state index in [0.29, 0.717) is 30.6 Å². The zero-order valence-electron chi connectivity index (χ0n) is 20.1. The highest BCUT2D eigenvalue weighted by Crippen LogP contribution is 2.47. The Morgan fingerprint density at radius 1 is 1.18 bits per heavy atom. The van der Waals surface area contributed by atoms with Crippen LogP contribution >= 0.6 is 11.3 Å². The van der Waals surface area contributed by atoms with Gasteiger partial charge in [-0.15, -0.1) is 0 Å². The molecule has 0 amide bonds. The molecule has 0 spiro atoms. The van der Waals surface area contributed by atoms with Crippen molar-refractivity contribution in [3.05, 3.63) is 74.8 Å². The van der Waals surface area contributed by atoms with Crippen molar-refractivity contribution in [2.75, 3.05) is 20.3 Å². The number of carbonyl (C=O) groups excluding carboxylic acids is 2. The van der Waals surface area contributed by atoms with Crippen molar-refractivity contribution in [1.29, 1.82) is 0 Å². The highest BCUT2D eigenvalue weighted by atomic mass is 32.1. The Hall–Kier alpha value is -2.90. The summed E-state index contributed by atoms with van der Waals surface area (Å²) in [5.41, 5.74) is 4.72. The van der Waals surface area contributed by atoms with Gasteiger partial charge in [0.05, 0.1) is 25.4 Å². The van der Waals surface area contributed by atoms with Gasteiger partial charge >= 0.3 is 5.97 Å². The van der Waals surface area contributed by atoms with Crippen molar-refractivity contribution >= 4 is 23.1 Å². The Bertz CT molecular complexity index is 1120. The summed E-state index contributed by atoms with van der Waals surface area (Å²) >= 11 is 1.55.